The number of piperidine rings is 1. The number of aromatic nitrogens is 2. The number of carbonyl (C=O) groups is 2. The van der Waals surface area contributed by atoms with Gasteiger partial charge >= 0.3 is 5.97 Å². The first kappa shape index (κ1) is 21.8. The van der Waals surface area contributed by atoms with Crippen LogP contribution < -0.4 is 0 Å². The van der Waals surface area contributed by atoms with Crippen LogP contribution in [0.5, 0.6) is 0 Å². The van der Waals surface area contributed by atoms with Crippen LogP contribution >= 0.6 is 0 Å². The number of benzene rings is 2. The fourth-order valence-electron chi connectivity index (χ4n) is 4.12. The number of aryl methyl sites for hydroxylation is 2. The highest BCUT2D eigenvalue weighted by molar-refractivity contribution is 5.95. The molecule has 1 saturated heterocycles. The molecule has 1 aliphatic rings. The molecule has 1 atom stereocenters. The summed E-state index contributed by atoms with van der Waals surface area (Å²) in [6.07, 6.45) is 1.52. The van der Waals surface area contributed by atoms with Crippen molar-refractivity contribution in [1.29, 1.82) is 0 Å². The zero-order valence-corrected chi connectivity index (χ0v) is 18.9. The van der Waals surface area contributed by atoms with Gasteiger partial charge in [-0.1, -0.05) is 30.3 Å². The third kappa shape index (κ3) is 4.44. The number of nitrogens with zero attached hydrogens (tertiary/aromatic N) is 3. The largest absolute Gasteiger partial charge is 0.466 e. The Morgan fingerprint density at radius 2 is 1.84 bits per heavy atom. The molecule has 6 nitrogen and oxygen atoms in total. The molecule has 32 heavy (non-hydrogen) atoms. The first-order valence-corrected chi connectivity index (χ1v) is 11.2. The van der Waals surface area contributed by atoms with Crippen LogP contribution in [0.25, 0.3) is 16.9 Å². The second-order valence-corrected chi connectivity index (χ2v) is 8.30. The molecule has 2 heterocycles. The minimum absolute atomic E-state index is 0.120. The second-order valence-electron chi connectivity index (χ2n) is 8.30. The smallest absolute Gasteiger partial charge is 0.310 e. The highest BCUT2D eigenvalue weighted by Crippen LogP contribution is 2.26. The van der Waals surface area contributed by atoms with Gasteiger partial charge in [-0.25, -0.2) is 4.68 Å². The number of likely N-dealkylation sites (tertiary alicyclic amines) is 1. The van der Waals surface area contributed by atoms with E-state index in [-0.39, 0.29) is 17.8 Å². The molecular formula is C26H29N3O3. The summed E-state index contributed by atoms with van der Waals surface area (Å²) in [5.41, 5.74) is 5.43. The molecule has 3 aromatic rings. The van der Waals surface area contributed by atoms with Crippen molar-refractivity contribution < 1.29 is 14.3 Å². The van der Waals surface area contributed by atoms with Crippen LogP contribution in [-0.2, 0) is 9.53 Å². The minimum Gasteiger partial charge on any atom is -0.466 e. The highest BCUT2D eigenvalue weighted by atomic mass is 16.5. The fourth-order valence-corrected chi connectivity index (χ4v) is 4.12. The van der Waals surface area contributed by atoms with Gasteiger partial charge in [0.05, 0.1) is 23.9 Å². The van der Waals surface area contributed by atoms with Gasteiger partial charge in [0.2, 0.25) is 0 Å². The van der Waals surface area contributed by atoms with E-state index in [2.05, 4.69) is 26.0 Å². The maximum absolute atomic E-state index is 13.6. The lowest BCUT2D eigenvalue weighted by Crippen LogP contribution is -2.43. The summed E-state index contributed by atoms with van der Waals surface area (Å²) in [6, 6.07) is 17.7. The number of rotatable bonds is 5. The van der Waals surface area contributed by atoms with Crippen LogP contribution in [-0.4, -0.2) is 46.3 Å². The molecule has 0 radical (unpaired) electrons. The van der Waals surface area contributed by atoms with Crippen molar-refractivity contribution in [3.05, 3.63) is 71.4 Å². The summed E-state index contributed by atoms with van der Waals surface area (Å²) in [7, 11) is 0. The number of esters is 1. The molecule has 0 N–H and O–H groups in total. The van der Waals surface area contributed by atoms with Crippen molar-refractivity contribution in [3.8, 4) is 16.9 Å². The molecule has 166 valence electrons. The van der Waals surface area contributed by atoms with E-state index in [0.29, 0.717) is 25.4 Å². The van der Waals surface area contributed by atoms with Gasteiger partial charge in [-0.2, -0.15) is 5.10 Å². The molecule has 6 heteroatoms. The molecule has 1 aliphatic heterocycles. The Morgan fingerprint density at radius 3 is 2.56 bits per heavy atom. The second kappa shape index (κ2) is 9.39. The van der Waals surface area contributed by atoms with Crippen molar-refractivity contribution in [2.45, 2.75) is 33.6 Å². The maximum Gasteiger partial charge on any atom is 0.310 e. The van der Waals surface area contributed by atoms with Gasteiger partial charge in [0.1, 0.15) is 5.69 Å². The van der Waals surface area contributed by atoms with Gasteiger partial charge in [-0.15, -0.1) is 0 Å². The predicted octanol–water partition coefficient (Wildman–Crippen LogP) is 4.57. The highest BCUT2D eigenvalue weighted by Gasteiger charge is 2.31. The lowest BCUT2D eigenvalue weighted by atomic mass is 9.98. The Morgan fingerprint density at radius 1 is 1.06 bits per heavy atom. The Kier molecular flexibility index (Phi) is 6.40. The lowest BCUT2D eigenvalue weighted by molar-refractivity contribution is -0.149. The maximum atomic E-state index is 13.6. The van der Waals surface area contributed by atoms with E-state index in [0.717, 1.165) is 29.8 Å². The zero-order valence-electron chi connectivity index (χ0n) is 18.9. The molecule has 4 rings (SSSR count). The van der Waals surface area contributed by atoms with Crippen LogP contribution in [0, 0.1) is 19.8 Å². The summed E-state index contributed by atoms with van der Waals surface area (Å²) < 4.78 is 6.91. The van der Waals surface area contributed by atoms with E-state index in [9.17, 15) is 9.59 Å². The Bertz CT molecular complexity index is 1120. The summed E-state index contributed by atoms with van der Waals surface area (Å²) >= 11 is 0. The van der Waals surface area contributed by atoms with Gasteiger partial charge in [0.15, 0.2) is 0 Å². The molecular weight excluding hydrogens is 402 g/mol. The number of hydrogen-bond acceptors (Lipinski definition) is 4. The molecule has 0 aliphatic carbocycles. The molecule has 0 saturated carbocycles. The van der Waals surface area contributed by atoms with Gasteiger partial charge in [-0.3, -0.25) is 9.59 Å². The van der Waals surface area contributed by atoms with Crippen molar-refractivity contribution >= 4 is 11.9 Å². The van der Waals surface area contributed by atoms with Crippen LogP contribution in [0.4, 0.5) is 0 Å². The molecule has 2 aromatic carbocycles. The average Bonchev–Trinajstić information content (AvgIpc) is 3.27. The van der Waals surface area contributed by atoms with Crippen molar-refractivity contribution in [2.24, 2.45) is 5.92 Å². The normalized spacial score (nSPS) is 16.1. The van der Waals surface area contributed by atoms with Crippen molar-refractivity contribution in [1.82, 2.24) is 14.7 Å². The van der Waals surface area contributed by atoms with Crippen LogP contribution in [0.15, 0.2) is 54.6 Å². The molecule has 1 fully saturated rings. The van der Waals surface area contributed by atoms with Gasteiger partial charge in [0, 0.05) is 18.7 Å². The lowest BCUT2D eigenvalue weighted by Gasteiger charge is -2.31. The fraction of sp³-hybridized carbons (Fsp3) is 0.346. The van der Waals surface area contributed by atoms with E-state index >= 15 is 0 Å². The minimum atomic E-state index is -0.278. The van der Waals surface area contributed by atoms with E-state index < -0.39 is 0 Å². The number of amides is 1. The van der Waals surface area contributed by atoms with Crippen LogP contribution in [0.2, 0.25) is 0 Å². The Hall–Kier alpha value is -3.41. The summed E-state index contributed by atoms with van der Waals surface area (Å²) in [4.78, 5) is 27.6. The zero-order chi connectivity index (χ0) is 22.7. The third-order valence-corrected chi connectivity index (χ3v) is 6.06. The van der Waals surface area contributed by atoms with Gasteiger partial charge in [-0.05, 0) is 69.0 Å². The third-order valence-electron chi connectivity index (χ3n) is 6.06. The molecule has 0 bridgehead atoms. The monoisotopic (exact) mass is 431 g/mol. The first-order valence-electron chi connectivity index (χ1n) is 11.2. The quantitative estimate of drug-likeness (QED) is 0.555. The molecule has 1 amide bonds. The van der Waals surface area contributed by atoms with Crippen molar-refractivity contribution in [3.63, 3.8) is 0 Å². The van der Waals surface area contributed by atoms with Crippen LogP contribution in [0.3, 0.4) is 0 Å². The Balaban J connectivity index is 1.70. The van der Waals surface area contributed by atoms with E-state index in [1.165, 1.54) is 11.1 Å². The summed E-state index contributed by atoms with van der Waals surface area (Å²) in [6.45, 7) is 7.29. The van der Waals surface area contributed by atoms with E-state index in [1.54, 1.807) is 16.5 Å². The average molecular weight is 432 g/mol. The molecule has 0 spiro atoms. The van der Waals surface area contributed by atoms with E-state index in [1.807, 2.05) is 42.5 Å². The van der Waals surface area contributed by atoms with E-state index in [4.69, 9.17) is 9.84 Å². The summed E-state index contributed by atoms with van der Waals surface area (Å²) in [5.74, 6) is -0.622. The first-order chi connectivity index (χ1) is 15.5. The number of carbonyl (C=O) groups excluding carboxylic acids is 2. The number of para-hydroxylation sites is 1. The Labute approximate surface area is 188 Å². The molecule has 1 aromatic heterocycles. The van der Waals surface area contributed by atoms with Gasteiger partial charge < -0.3 is 9.64 Å². The standard InChI is InChI=1S/C26H29N3O3/c1-4-32-26(31)21-9-8-14-28(17-21)25(30)24-16-23(20-13-12-18(2)19(3)15-20)27-29(24)22-10-6-5-7-11-22/h5-7,10-13,15-16,21H,4,8-9,14,17H2,1-3H3. The summed E-state index contributed by atoms with van der Waals surface area (Å²) in [5, 5.41) is 4.80. The number of ether oxygens (including phenoxy) is 1. The van der Waals surface area contributed by atoms with Crippen LogP contribution in [0.1, 0.15) is 41.4 Å². The van der Waals surface area contributed by atoms with Gasteiger partial charge in [0.25, 0.3) is 5.91 Å². The van der Waals surface area contributed by atoms with Crippen molar-refractivity contribution in [2.75, 3.05) is 19.7 Å². The number of hydrogen-bond donors (Lipinski definition) is 0. The topological polar surface area (TPSA) is 64.4 Å². The predicted molar refractivity (Wildman–Crippen MR) is 124 cm³/mol. The SMILES string of the molecule is CCOC(=O)C1CCCN(C(=O)c2cc(-c3ccc(C)c(C)c3)nn2-c2ccccc2)C1. The molecule has 1 unspecified atom stereocenters.